The van der Waals surface area contributed by atoms with Crippen molar-refractivity contribution in [1.82, 2.24) is 9.80 Å². The smallest absolute Gasteiger partial charge is 0.232 e. The van der Waals surface area contributed by atoms with Crippen molar-refractivity contribution in [3.8, 4) is 0 Å². The molecular formula is C24H22N2O2. The number of hydrogen-bond acceptors (Lipinski definition) is 2. The van der Waals surface area contributed by atoms with Crippen molar-refractivity contribution in [2.75, 3.05) is 0 Å². The Hall–Kier alpha value is -3.14. The summed E-state index contributed by atoms with van der Waals surface area (Å²) in [6, 6.07) is 19.5. The Morgan fingerprint density at radius 2 is 0.964 bits per heavy atom. The number of carbonyl (C=O) groups excluding carboxylic acids is 2. The van der Waals surface area contributed by atoms with E-state index >= 15 is 0 Å². The second kappa shape index (κ2) is 6.79. The lowest BCUT2D eigenvalue weighted by Gasteiger charge is -2.49. The third kappa shape index (κ3) is 2.76. The summed E-state index contributed by atoms with van der Waals surface area (Å²) >= 11 is 0. The van der Waals surface area contributed by atoms with Crippen molar-refractivity contribution < 1.29 is 9.59 Å². The van der Waals surface area contributed by atoms with Crippen LogP contribution in [0, 0.1) is 11.8 Å². The van der Waals surface area contributed by atoms with Gasteiger partial charge in [-0.3, -0.25) is 9.59 Å². The minimum absolute atomic E-state index is 0.112. The topological polar surface area (TPSA) is 40.6 Å². The van der Waals surface area contributed by atoms with Crippen LogP contribution in [0.3, 0.4) is 0 Å². The Balaban J connectivity index is 1.48. The maximum absolute atomic E-state index is 13.4. The maximum atomic E-state index is 13.4. The molecule has 140 valence electrons. The fraction of sp³-hybridized carbons (Fsp3) is 0.250. The largest absolute Gasteiger partial charge is 0.330 e. The van der Waals surface area contributed by atoms with Gasteiger partial charge < -0.3 is 9.80 Å². The van der Waals surface area contributed by atoms with Gasteiger partial charge in [0.1, 0.15) is 0 Å². The molecule has 1 aliphatic carbocycles. The molecule has 1 saturated heterocycles. The third-order valence-electron chi connectivity index (χ3n) is 6.01. The minimum Gasteiger partial charge on any atom is -0.330 e. The number of rotatable bonds is 4. The second-order valence-electron chi connectivity index (χ2n) is 7.71. The molecule has 28 heavy (non-hydrogen) atoms. The van der Waals surface area contributed by atoms with Crippen molar-refractivity contribution in [3.05, 3.63) is 96.1 Å². The molecule has 0 saturated carbocycles. The van der Waals surface area contributed by atoms with Crippen LogP contribution in [0.15, 0.2) is 85.0 Å². The van der Waals surface area contributed by atoms with Gasteiger partial charge in [0, 0.05) is 13.1 Å². The van der Waals surface area contributed by atoms with Crippen LogP contribution in [0.5, 0.6) is 0 Å². The van der Waals surface area contributed by atoms with Crippen LogP contribution >= 0.6 is 0 Å². The van der Waals surface area contributed by atoms with E-state index in [4.69, 9.17) is 0 Å². The number of carbonyl (C=O) groups is 2. The second-order valence-corrected chi connectivity index (χ2v) is 7.71. The summed E-state index contributed by atoms with van der Waals surface area (Å²) in [4.78, 5) is 30.5. The van der Waals surface area contributed by atoms with Gasteiger partial charge in [0.15, 0.2) is 0 Å². The van der Waals surface area contributed by atoms with Crippen molar-refractivity contribution in [2.24, 2.45) is 11.8 Å². The summed E-state index contributed by atoms with van der Waals surface area (Å²) < 4.78 is 0. The van der Waals surface area contributed by atoms with Crippen LogP contribution in [-0.4, -0.2) is 33.7 Å². The van der Waals surface area contributed by atoms with Gasteiger partial charge in [-0.25, -0.2) is 0 Å². The van der Waals surface area contributed by atoms with Crippen LogP contribution in [0.4, 0.5) is 0 Å². The SMILES string of the molecule is O=C1[C@H]2C=C[C@H]([C@H]3C=C[C@@H]2N(Cc2ccccc2)C3=O)N1Cc1ccccc1. The van der Waals surface area contributed by atoms with Crippen LogP contribution < -0.4 is 0 Å². The Morgan fingerprint density at radius 1 is 0.571 bits per heavy atom. The van der Waals surface area contributed by atoms with Gasteiger partial charge in [-0.05, 0) is 11.1 Å². The first-order valence-electron chi connectivity index (χ1n) is 9.78. The normalized spacial score (nSPS) is 28.0. The average Bonchev–Trinajstić information content (AvgIpc) is 2.71. The summed E-state index contributed by atoms with van der Waals surface area (Å²) in [7, 11) is 0. The molecule has 1 fully saturated rings. The first kappa shape index (κ1) is 17.0. The standard InChI is InChI=1S/C24H22N2O2/c27-23-20-11-13-21(25(23)15-17-7-3-1-4-8-17)19-12-14-22(20)26(24(19)28)16-18-9-5-2-6-10-18/h1-14,19-22H,15-16H2/t19-,20+,21-,22+. The van der Waals surface area contributed by atoms with E-state index < -0.39 is 0 Å². The quantitative estimate of drug-likeness (QED) is 0.776. The Labute approximate surface area is 164 Å². The van der Waals surface area contributed by atoms with E-state index in [1.807, 2.05) is 82.6 Å². The summed E-state index contributed by atoms with van der Waals surface area (Å²) in [5, 5.41) is 0. The summed E-state index contributed by atoms with van der Waals surface area (Å²) in [6.07, 6.45) is 8.15. The molecule has 4 atom stereocenters. The van der Waals surface area contributed by atoms with Gasteiger partial charge >= 0.3 is 0 Å². The van der Waals surface area contributed by atoms with Gasteiger partial charge in [0.25, 0.3) is 0 Å². The lowest BCUT2D eigenvalue weighted by atomic mass is 9.78. The van der Waals surface area contributed by atoms with Crippen molar-refractivity contribution in [3.63, 3.8) is 0 Å². The molecule has 2 aromatic carbocycles. The zero-order valence-corrected chi connectivity index (χ0v) is 15.5. The van der Waals surface area contributed by atoms with Crippen molar-refractivity contribution in [1.29, 1.82) is 0 Å². The van der Waals surface area contributed by atoms with Crippen LogP contribution in [0.25, 0.3) is 0 Å². The van der Waals surface area contributed by atoms with E-state index in [9.17, 15) is 9.59 Å². The molecule has 2 aromatic rings. The highest BCUT2D eigenvalue weighted by Crippen LogP contribution is 2.37. The first-order valence-corrected chi connectivity index (χ1v) is 9.78. The summed E-state index contributed by atoms with van der Waals surface area (Å²) in [5.41, 5.74) is 2.17. The van der Waals surface area contributed by atoms with Gasteiger partial charge in [0.2, 0.25) is 11.8 Å². The van der Waals surface area contributed by atoms with E-state index in [1.165, 1.54) is 0 Å². The van der Waals surface area contributed by atoms with Gasteiger partial charge in [0.05, 0.1) is 23.9 Å². The molecule has 0 aromatic heterocycles. The van der Waals surface area contributed by atoms with E-state index in [0.29, 0.717) is 13.1 Å². The van der Waals surface area contributed by atoms with Crippen LogP contribution in [0.2, 0.25) is 0 Å². The van der Waals surface area contributed by atoms with Gasteiger partial charge in [-0.15, -0.1) is 0 Å². The van der Waals surface area contributed by atoms with Gasteiger partial charge in [-0.2, -0.15) is 0 Å². The number of amides is 2. The first-order chi connectivity index (χ1) is 13.7. The molecule has 6 aliphatic rings. The Bertz CT molecular complexity index is 872. The van der Waals surface area contributed by atoms with Crippen LogP contribution in [0.1, 0.15) is 11.1 Å². The molecule has 2 amide bonds. The molecule has 0 N–H and O–H groups in total. The molecule has 0 radical (unpaired) electrons. The van der Waals surface area contributed by atoms with E-state index in [1.54, 1.807) is 0 Å². The highest BCUT2D eigenvalue weighted by Gasteiger charge is 2.49. The predicted octanol–water partition coefficient (Wildman–Crippen LogP) is 3.17. The van der Waals surface area contributed by atoms with E-state index in [-0.39, 0.29) is 35.7 Å². The molecule has 4 nitrogen and oxygen atoms in total. The third-order valence-corrected chi connectivity index (χ3v) is 6.01. The highest BCUT2D eigenvalue weighted by molar-refractivity contribution is 5.91. The zero-order chi connectivity index (χ0) is 19.1. The lowest BCUT2D eigenvalue weighted by molar-refractivity contribution is -0.152. The van der Waals surface area contributed by atoms with E-state index in [0.717, 1.165) is 11.1 Å². The summed E-state index contributed by atoms with van der Waals surface area (Å²) in [5.74, 6) is -0.433. The number of nitrogens with zero attached hydrogens (tertiary/aromatic N) is 2. The lowest BCUT2D eigenvalue weighted by Crippen LogP contribution is -2.62. The Kier molecular flexibility index (Phi) is 4.12. The number of benzene rings is 2. The molecular weight excluding hydrogens is 348 g/mol. The fourth-order valence-electron chi connectivity index (χ4n) is 4.59. The predicted molar refractivity (Wildman–Crippen MR) is 107 cm³/mol. The monoisotopic (exact) mass is 370 g/mol. The Morgan fingerprint density at radius 3 is 1.36 bits per heavy atom. The molecule has 0 unspecified atom stereocenters. The minimum atomic E-state index is -0.329. The number of hydrogen-bond donors (Lipinski definition) is 0. The van der Waals surface area contributed by atoms with Crippen molar-refractivity contribution >= 4 is 11.8 Å². The molecule has 0 spiro atoms. The van der Waals surface area contributed by atoms with Gasteiger partial charge in [-0.1, -0.05) is 85.0 Å². The zero-order valence-electron chi connectivity index (χ0n) is 15.5. The molecule has 5 heterocycles. The highest BCUT2D eigenvalue weighted by atomic mass is 16.2. The molecule has 5 aliphatic heterocycles. The van der Waals surface area contributed by atoms with E-state index in [2.05, 4.69) is 12.2 Å². The average molecular weight is 370 g/mol. The maximum Gasteiger partial charge on any atom is 0.232 e. The molecule has 4 heteroatoms. The molecule has 8 rings (SSSR count). The van der Waals surface area contributed by atoms with Crippen molar-refractivity contribution in [2.45, 2.75) is 25.2 Å². The summed E-state index contributed by atoms with van der Waals surface area (Å²) in [6.45, 7) is 1.07. The van der Waals surface area contributed by atoms with Crippen LogP contribution in [-0.2, 0) is 22.7 Å². The molecule has 4 bridgehead atoms. The fourth-order valence-corrected chi connectivity index (χ4v) is 4.59.